The van der Waals surface area contributed by atoms with Gasteiger partial charge in [-0.25, -0.2) is 4.98 Å². The van der Waals surface area contributed by atoms with E-state index in [0.717, 1.165) is 25.5 Å². The summed E-state index contributed by atoms with van der Waals surface area (Å²) in [5, 5.41) is 6.27. The van der Waals surface area contributed by atoms with E-state index in [0.29, 0.717) is 0 Å². The van der Waals surface area contributed by atoms with Crippen molar-refractivity contribution in [3.05, 3.63) is 25.4 Å². The number of hydrogen-bond donors (Lipinski definition) is 1. The molecule has 6 heteroatoms. The highest BCUT2D eigenvalue weighted by molar-refractivity contribution is 9.13. The maximum atomic E-state index is 4.55. The molecule has 0 saturated heterocycles. The van der Waals surface area contributed by atoms with E-state index in [1.165, 1.54) is 4.88 Å². The number of nitrogens with one attached hydrogen (secondary N) is 1. The van der Waals surface area contributed by atoms with Crippen molar-refractivity contribution in [2.45, 2.75) is 6.54 Å². The van der Waals surface area contributed by atoms with Gasteiger partial charge in [0.2, 0.25) is 0 Å². The van der Waals surface area contributed by atoms with Crippen molar-refractivity contribution < 1.29 is 0 Å². The summed E-state index contributed by atoms with van der Waals surface area (Å²) in [4.78, 5) is 5.74. The molecule has 2 aromatic rings. The van der Waals surface area contributed by atoms with Crippen LogP contribution in [-0.2, 0) is 6.54 Å². The summed E-state index contributed by atoms with van der Waals surface area (Å²) in [5.74, 6) is 0. The minimum absolute atomic E-state index is 0.824. The SMILES string of the molecule is CNCc1csc(-c2cc(Br)c(Br)s2)n1. The summed E-state index contributed by atoms with van der Waals surface area (Å²) in [6.45, 7) is 0.824. The standard InChI is InChI=1S/C9H8Br2N2S2/c1-12-3-5-4-14-9(13-5)7-2-6(10)8(11)15-7/h2,4,12H,3H2,1H3. The Morgan fingerprint density at radius 2 is 2.27 bits per heavy atom. The molecule has 0 radical (unpaired) electrons. The van der Waals surface area contributed by atoms with Crippen LogP contribution in [0.2, 0.25) is 0 Å². The van der Waals surface area contributed by atoms with Crippen molar-refractivity contribution in [3.8, 4) is 9.88 Å². The lowest BCUT2D eigenvalue weighted by Crippen LogP contribution is -2.04. The normalized spacial score (nSPS) is 10.9. The van der Waals surface area contributed by atoms with Gasteiger partial charge in [-0.15, -0.1) is 22.7 Å². The third-order valence-electron chi connectivity index (χ3n) is 1.77. The van der Waals surface area contributed by atoms with E-state index in [-0.39, 0.29) is 0 Å². The maximum absolute atomic E-state index is 4.55. The largest absolute Gasteiger partial charge is 0.314 e. The minimum atomic E-state index is 0.824. The van der Waals surface area contributed by atoms with E-state index in [1.807, 2.05) is 7.05 Å². The molecule has 80 valence electrons. The molecule has 0 aliphatic rings. The monoisotopic (exact) mass is 366 g/mol. The zero-order valence-electron chi connectivity index (χ0n) is 7.88. The first-order valence-corrected chi connectivity index (χ1v) is 7.53. The molecular formula is C9H8Br2N2S2. The first-order valence-electron chi connectivity index (χ1n) is 4.25. The average molecular weight is 368 g/mol. The molecule has 1 N–H and O–H groups in total. The molecule has 2 aromatic heterocycles. The molecule has 0 amide bonds. The molecule has 2 nitrogen and oxygen atoms in total. The van der Waals surface area contributed by atoms with Gasteiger partial charge in [0.15, 0.2) is 0 Å². The van der Waals surface area contributed by atoms with Crippen LogP contribution < -0.4 is 5.32 Å². The Bertz CT molecular complexity index is 445. The summed E-state index contributed by atoms with van der Waals surface area (Å²) in [6, 6.07) is 2.09. The Kier molecular flexibility index (Phi) is 3.95. The molecular weight excluding hydrogens is 360 g/mol. The van der Waals surface area contributed by atoms with Gasteiger partial charge < -0.3 is 5.32 Å². The highest BCUT2D eigenvalue weighted by Crippen LogP contribution is 2.39. The molecule has 0 atom stereocenters. The fraction of sp³-hybridized carbons (Fsp3) is 0.222. The quantitative estimate of drug-likeness (QED) is 0.882. The van der Waals surface area contributed by atoms with Crippen LogP contribution in [0.4, 0.5) is 0 Å². The number of thiophene rings is 1. The summed E-state index contributed by atoms with van der Waals surface area (Å²) < 4.78 is 2.20. The summed E-state index contributed by atoms with van der Waals surface area (Å²) >= 11 is 10.3. The van der Waals surface area contributed by atoms with Gasteiger partial charge in [-0.2, -0.15) is 0 Å². The van der Waals surface area contributed by atoms with Crippen LogP contribution in [0.3, 0.4) is 0 Å². The molecule has 0 aliphatic heterocycles. The molecule has 2 heterocycles. The van der Waals surface area contributed by atoms with Crippen LogP contribution in [-0.4, -0.2) is 12.0 Å². The Labute approximate surface area is 113 Å². The number of hydrogen-bond acceptors (Lipinski definition) is 4. The van der Waals surface area contributed by atoms with Crippen molar-refractivity contribution in [3.63, 3.8) is 0 Å². The van der Waals surface area contributed by atoms with Gasteiger partial charge in [0, 0.05) is 16.4 Å². The Morgan fingerprint density at radius 1 is 1.47 bits per heavy atom. The topological polar surface area (TPSA) is 24.9 Å². The zero-order chi connectivity index (χ0) is 10.8. The predicted octanol–water partition coefficient (Wildman–Crippen LogP) is 4.12. The Hall–Kier alpha value is 0.250. The number of halogens is 2. The van der Waals surface area contributed by atoms with Gasteiger partial charge in [-0.3, -0.25) is 0 Å². The molecule has 0 aliphatic carbocycles. The minimum Gasteiger partial charge on any atom is -0.314 e. The molecule has 15 heavy (non-hydrogen) atoms. The lowest BCUT2D eigenvalue weighted by molar-refractivity contribution is 0.798. The van der Waals surface area contributed by atoms with Crippen LogP contribution >= 0.6 is 54.5 Å². The first-order chi connectivity index (χ1) is 7.20. The first kappa shape index (κ1) is 11.7. The number of thiazole rings is 1. The predicted molar refractivity (Wildman–Crippen MR) is 73.6 cm³/mol. The van der Waals surface area contributed by atoms with Crippen molar-refractivity contribution in [2.24, 2.45) is 0 Å². The zero-order valence-corrected chi connectivity index (χ0v) is 12.7. The Balaban J connectivity index is 2.28. The van der Waals surface area contributed by atoms with E-state index in [4.69, 9.17) is 0 Å². The van der Waals surface area contributed by atoms with Gasteiger partial charge >= 0.3 is 0 Å². The van der Waals surface area contributed by atoms with E-state index < -0.39 is 0 Å². The highest BCUT2D eigenvalue weighted by Gasteiger charge is 2.09. The van der Waals surface area contributed by atoms with Crippen molar-refractivity contribution in [1.82, 2.24) is 10.3 Å². The molecule has 0 unspecified atom stereocenters. The van der Waals surface area contributed by atoms with E-state index >= 15 is 0 Å². The van der Waals surface area contributed by atoms with Crippen LogP contribution in [0.15, 0.2) is 19.7 Å². The van der Waals surface area contributed by atoms with Gasteiger partial charge in [0.05, 0.1) is 14.4 Å². The van der Waals surface area contributed by atoms with Crippen molar-refractivity contribution >= 4 is 54.5 Å². The molecule has 0 saturated carbocycles. The lowest BCUT2D eigenvalue weighted by Gasteiger charge is -1.91. The number of nitrogens with zero attached hydrogens (tertiary/aromatic N) is 1. The molecule has 0 spiro atoms. The van der Waals surface area contributed by atoms with Crippen LogP contribution in [0.1, 0.15) is 5.69 Å². The second-order valence-electron chi connectivity index (χ2n) is 2.91. The summed E-state index contributed by atoms with van der Waals surface area (Å²) in [6.07, 6.45) is 0. The average Bonchev–Trinajstić information content (AvgIpc) is 2.76. The summed E-state index contributed by atoms with van der Waals surface area (Å²) in [7, 11) is 1.93. The van der Waals surface area contributed by atoms with Gasteiger partial charge in [-0.05, 0) is 45.0 Å². The molecule has 0 bridgehead atoms. The maximum Gasteiger partial charge on any atom is 0.133 e. The Morgan fingerprint density at radius 3 is 2.87 bits per heavy atom. The smallest absolute Gasteiger partial charge is 0.133 e. The van der Waals surface area contributed by atoms with Crippen molar-refractivity contribution in [2.75, 3.05) is 7.05 Å². The van der Waals surface area contributed by atoms with E-state index in [2.05, 4.69) is 53.6 Å². The number of aromatic nitrogens is 1. The van der Waals surface area contributed by atoms with Crippen molar-refractivity contribution in [1.29, 1.82) is 0 Å². The highest BCUT2D eigenvalue weighted by atomic mass is 79.9. The van der Waals surface area contributed by atoms with Gasteiger partial charge in [0.1, 0.15) is 5.01 Å². The molecule has 0 fully saturated rings. The van der Waals surface area contributed by atoms with Crippen LogP contribution in [0, 0.1) is 0 Å². The second kappa shape index (κ2) is 5.05. The summed E-state index contributed by atoms with van der Waals surface area (Å²) in [5.41, 5.74) is 1.10. The second-order valence-corrected chi connectivity index (χ2v) is 6.99. The van der Waals surface area contributed by atoms with Crippen LogP contribution in [0.25, 0.3) is 9.88 Å². The lowest BCUT2D eigenvalue weighted by atomic mass is 10.4. The fourth-order valence-electron chi connectivity index (χ4n) is 1.13. The van der Waals surface area contributed by atoms with E-state index in [1.54, 1.807) is 22.7 Å². The third kappa shape index (κ3) is 2.68. The molecule has 2 rings (SSSR count). The fourth-order valence-corrected chi connectivity index (χ4v) is 4.05. The number of rotatable bonds is 3. The van der Waals surface area contributed by atoms with Crippen LogP contribution in [0.5, 0.6) is 0 Å². The van der Waals surface area contributed by atoms with Gasteiger partial charge in [-0.1, -0.05) is 0 Å². The van der Waals surface area contributed by atoms with Gasteiger partial charge in [0.25, 0.3) is 0 Å². The molecule has 0 aromatic carbocycles. The van der Waals surface area contributed by atoms with E-state index in [9.17, 15) is 0 Å². The third-order valence-corrected chi connectivity index (χ3v) is 6.08.